The Morgan fingerprint density at radius 2 is 2.14 bits per heavy atom. The number of methoxy groups -OCH3 is 1. The molecule has 1 aromatic rings. The standard InChI is InChI=1S/C15H25N3O2S/c1-4-12(2)17-7-9-18(10-8-17)15-16-13(11-21-15)5-6-14(19)20-3/h11-12H,4-10H2,1-3H3. The Bertz CT molecular complexity index is 456. The van der Waals surface area contributed by atoms with Crippen LogP contribution in [0.2, 0.25) is 0 Å². The lowest BCUT2D eigenvalue weighted by Crippen LogP contribution is -2.49. The number of carbonyl (C=O) groups excluding carboxylic acids is 1. The molecular weight excluding hydrogens is 286 g/mol. The van der Waals surface area contributed by atoms with Crippen LogP contribution in [-0.2, 0) is 16.0 Å². The molecule has 0 radical (unpaired) electrons. The molecular formula is C15H25N3O2S. The number of rotatable bonds is 6. The van der Waals surface area contributed by atoms with Crippen LogP contribution in [0.15, 0.2) is 5.38 Å². The molecule has 6 heteroatoms. The van der Waals surface area contributed by atoms with Gasteiger partial charge in [0.25, 0.3) is 0 Å². The van der Waals surface area contributed by atoms with E-state index in [0.717, 1.165) is 37.0 Å². The van der Waals surface area contributed by atoms with Gasteiger partial charge in [-0.2, -0.15) is 0 Å². The van der Waals surface area contributed by atoms with E-state index in [0.29, 0.717) is 18.9 Å². The van der Waals surface area contributed by atoms with Crippen molar-refractivity contribution in [2.24, 2.45) is 0 Å². The molecule has 1 fully saturated rings. The van der Waals surface area contributed by atoms with Crippen molar-refractivity contribution in [3.63, 3.8) is 0 Å². The number of ether oxygens (including phenoxy) is 1. The minimum Gasteiger partial charge on any atom is -0.469 e. The van der Waals surface area contributed by atoms with Gasteiger partial charge in [0.1, 0.15) is 0 Å². The molecule has 2 rings (SSSR count). The van der Waals surface area contributed by atoms with E-state index in [1.165, 1.54) is 13.5 Å². The molecule has 1 aromatic heterocycles. The monoisotopic (exact) mass is 311 g/mol. The predicted molar refractivity (Wildman–Crippen MR) is 86.0 cm³/mol. The Labute approximate surface area is 130 Å². The van der Waals surface area contributed by atoms with Crippen molar-refractivity contribution in [2.45, 2.75) is 39.2 Å². The van der Waals surface area contributed by atoms with Crippen molar-refractivity contribution in [1.29, 1.82) is 0 Å². The SMILES string of the molecule is CCC(C)N1CCN(c2nc(CCC(=O)OC)cs2)CC1. The molecule has 1 aliphatic rings. The summed E-state index contributed by atoms with van der Waals surface area (Å²) in [5.41, 5.74) is 0.991. The van der Waals surface area contributed by atoms with E-state index >= 15 is 0 Å². The molecule has 1 aliphatic heterocycles. The van der Waals surface area contributed by atoms with E-state index in [4.69, 9.17) is 0 Å². The molecule has 1 saturated heterocycles. The highest BCUT2D eigenvalue weighted by Crippen LogP contribution is 2.23. The van der Waals surface area contributed by atoms with Crippen LogP contribution >= 0.6 is 11.3 Å². The van der Waals surface area contributed by atoms with Gasteiger partial charge >= 0.3 is 5.97 Å². The summed E-state index contributed by atoms with van der Waals surface area (Å²) in [6.45, 7) is 8.82. The second-order valence-electron chi connectivity index (χ2n) is 5.48. The number of hydrogen-bond acceptors (Lipinski definition) is 6. The summed E-state index contributed by atoms with van der Waals surface area (Å²) in [5.74, 6) is -0.174. The van der Waals surface area contributed by atoms with Crippen LogP contribution in [0.3, 0.4) is 0 Å². The van der Waals surface area contributed by atoms with Crippen molar-refractivity contribution >= 4 is 22.4 Å². The van der Waals surface area contributed by atoms with Crippen molar-refractivity contribution in [3.05, 3.63) is 11.1 Å². The van der Waals surface area contributed by atoms with Crippen LogP contribution < -0.4 is 4.90 Å². The van der Waals surface area contributed by atoms with Gasteiger partial charge in [0.05, 0.1) is 19.2 Å². The molecule has 0 saturated carbocycles. The molecule has 118 valence electrons. The van der Waals surface area contributed by atoms with Gasteiger partial charge in [0.15, 0.2) is 5.13 Å². The first-order valence-electron chi connectivity index (χ1n) is 7.64. The lowest BCUT2D eigenvalue weighted by atomic mass is 10.2. The lowest BCUT2D eigenvalue weighted by Gasteiger charge is -2.37. The zero-order valence-electron chi connectivity index (χ0n) is 13.2. The average Bonchev–Trinajstić information content (AvgIpc) is 3.00. The fraction of sp³-hybridized carbons (Fsp3) is 0.733. The average molecular weight is 311 g/mol. The molecule has 0 N–H and O–H groups in total. The van der Waals surface area contributed by atoms with Gasteiger partial charge in [0.2, 0.25) is 0 Å². The molecule has 0 amide bonds. The first kappa shape index (κ1) is 16.2. The van der Waals surface area contributed by atoms with Crippen LogP contribution in [0.5, 0.6) is 0 Å². The van der Waals surface area contributed by atoms with Crippen molar-refractivity contribution in [2.75, 3.05) is 38.2 Å². The third kappa shape index (κ3) is 4.41. The number of hydrogen-bond donors (Lipinski definition) is 0. The predicted octanol–water partition coefficient (Wildman–Crippen LogP) is 2.17. The van der Waals surface area contributed by atoms with E-state index < -0.39 is 0 Å². The van der Waals surface area contributed by atoms with Gasteiger partial charge < -0.3 is 9.64 Å². The number of esters is 1. The fourth-order valence-electron chi connectivity index (χ4n) is 2.50. The molecule has 0 spiro atoms. The van der Waals surface area contributed by atoms with Crippen LogP contribution in [0, 0.1) is 0 Å². The largest absolute Gasteiger partial charge is 0.469 e. The lowest BCUT2D eigenvalue weighted by molar-refractivity contribution is -0.140. The zero-order valence-corrected chi connectivity index (χ0v) is 14.0. The summed E-state index contributed by atoms with van der Waals surface area (Å²) in [7, 11) is 1.42. The Balaban J connectivity index is 1.84. The maximum Gasteiger partial charge on any atom is 0.305 e. The van der Waals surface area contributed by atoms with Gasteiger partial charge in [-0.05, 0) is 13.3 Å². The smallest absolute Gasteiger partial charge is 0.305 e. The van der Waals surface area contributed by atoms with Crippen molar-refractivity contribution < 1.29 is 9.53 Å². The molecule has 0 aromatic carbocycles. The van der Waals surface area contributed by atoms with Crippen molar-refractivity contribution in [1.82, 2.24) is 9.88 Å². The van der Waals surface area contributed by atoms with Crippen LogP contribution in [0.25, 0.3) is 0 Å². The minimum atomic E-state index is -0.174. The molecule has 0 bridgehead atoms. The third-order valence-corrected chi connectivity index (χ3v) is 5.10. The Morgan fingerprint density at radius 3 is 2.76 bits per heavy atom. The third-order valence-electron chi connectivity index (χ3n) is 4.15. The number of piperazine rings is 1. The van der Waals surface area contributed by atoms with Gasteiger partial charge in [-0.3, -0.25) is 9.69 Å². The van der Waals surface area contributed by atoms with Crippen LogP contribution in [0.4, 0.5) is 5.13 Å². The van der Waals surface area contributed by atoms with Gasteiger partial charge in [-0.1, -0.05) is 6.92 Å². The van der Waals surface area contributed by atoms with E-state index in [1.54, 1.807) is 11.3 Å². The summed E-state index contributed by atoms with van der Waals surface area (Å²) in [6.07, 6.45) is 2.27. The highest BCUT2D eigenvalue weighted by atomic mass is 32.1. The molecule has 1 unspecified atom stereocenters. The second-order valence-corrected chi connectivity index (χ2v) is 6.31. The molecule has 0 aliphatic carbocycles. The number of aromatic nitrogens is 1. The van der Waals surface area contributed by atoms with Gasteiger partial charge in [0, 0.05) is 44.0 Å². The first-order chi connectivity index (χ1) is 10.1. The first-order valence-corrected chi connectivity index (χ1v) is 8.52. The Kier molecular flexibility index (Phi) is 5.99. The van der Waals surface area contributed by atoms with Crippen LogP contribution in [-0.4, -0.2) is 55.2 Å². The maximum atomic E-state index is 11.2. The second kappa shape index (κ2) is 7.75. The number of anilines is 1. The quantitative estimate of drug-likeness (QED) is 0.754. The fourth-order valence-corrected chi connectivity index (χ4v) is 3.41. The van der Waals surface area contributed by atoms with E-state index in [1.807, 2.05) is 0 Å². The maximum absolute atomic E-state index is 11.2. The molecule has 5 nitrogen and oxygen atoms in total. The summed E-state index contributed by atoms with van der Waals surface area (Å²) in [6, 6.07) is 0.666. The van der Waals surface area contributed by atoms with Crippen LogP contribution in [0.1, 0.15) is 32.4 Å². The summed E-state index contributed by atoms with van der Waals surface area (Å²) < 4.78 is 4.66. The molecule has 2 heterocycles. The summed E-state index contributed by atoms with van der Waals surface area (Å²) >= 11 is 1.67. The van der Waals surface area contributed by atoms with E-state index in [2.05, 4.69) is 38.7 Å². The van der Waals surface area contributed by atoms with Crippen molar-refractivity contribution in [3.8, 4) is 0 Å². The zero-order chi connectivity index (χ0) is 15.2. The minimum absolute atomic E-state index is 0.174. The number of aryl methyl sites for hydroxylation is 1. The van der Waals surface area contributed by atoms with E-state index in [-0.39, 0.29) is 5.97 Å². The summed E-state index contributed by atoms with van der Waals surface area (Å²) in [5, 5.41) is 3.14. The molecule has 1 atom stereocenters. The molecule has 21 heavy (non-hydrogen) atoms. The van der Waals surface area contributed by atoms with Gasteiger partial charge in [-0.15, -0.1) is 11.3 Å². The summed E-state index contributed by atoms with van der Waals surface area (Å²) in [4.78, 5) is 20.7. The van der Waals surface area contributed by atoms with Gasteiger partial charge in [-0.25, -0.2) is 4.98 Å². The topological polar surface area (TPSA) is 45.7 Å². The van der Waals surface area contributed by atoms with E-state index in [9.17, 15) is 4.79 Å². The highest BCUT2D eigenvalue weighted by molar-refractivity contribution is 7.13. The normalized spacial score (nSPS) is 17.8. The number of carbonyl (C=O) groups is 1. The Morgan fingerprint density at radius 1 is 1.43 bits per heavy atom. The number of thiazole rings is 1. The number of nitrogens with zero attached hydrogens (tertiary/aromatic N) is 3. The highest BCUT2D eigenvalue weighted by Gasteiger charge is 2.21. The Hall–Kier alpha value is -1.14.